The van der Waals surface area contributed by atoms with Crippen molar-refractivity contribution in [2.75, 3.05) is 0 Å². The van der Waals surface area contributed by atoms with Gasteiger partial charge in [-0.05, 0) is 38.2 Å². The quantitative estimate of drug-likeness (QED) is 0.430. The van der Waals surface area contributed by atoms with Crippen LogP contribution in [0, 0.1) is 0 Å². The van der Waals surface area contributed by atoms with Crippen LogP contribution in [0.5, 0.6) is 0 Å². The van der Waals surface area contributed by atoms with Crippen LogP contribution in [0.25, 0.3) is 0 Å². The van der Waals surface area contributed by atoms with Gasteiger partial charge >= 0.3 is 5.97 Å². The van der Waals surface area contributed by atoms with E-state index >= 15 is 0 Å². The maximum atomic E-state index is 11.7. The van der Waals surface area contributed by atoms with Gasteiger partial charge in [-0.25, -0.2) is 0 Å². The molecule has 3 heteroatoms. The highest BCUT2D eigenvalue weighted by Crippen LogP contribution is 2.27. The predicted molar refractivity (Wildman–Crippen MR) is 84.0 cm³/mol. The molecule has 0 bridgehead atoms. The zero-order chi connectivity index (χ0) is 14.9. The van der Waals surface area contributed by atoms with Crippen LogP contribution < -0.4 is 0 Å². The second-order valence-electron chi connectivity index (χ2n) is 5.97. The molecule has 2 saturated heterocycles. The first-order chi connectivity index (χ1) is 10.3. The number of ether oxygens (including phenoxy) is 2. The Balaban J connectivity index is 1.75. The molecular formula is C18H28O3. The molecule has 0 N–H and O–H groups in total. The van der Waals surface area contributed by atoms with Gasteiger partial charge in [-0.1, -0.05) is 44.4 Å². The Morgan fingerprint density at radius 2 is 1.90 bits per heavy atom. The fourth-order valence-electron chi connectivity index (χ4n) is 2.71. The van der Waals surface area contributed by atoms with E-state index < -0.39 is 0 Å². The first-order valence-electron chi connectivity index (χ1n) is 8.48. The third-order valence-corrected chi connectivity index (χ3v) is 4.06. The monoisotopic (exact) mass is 292 g/mol. The maximum Gasteiger partial charge on any atom is 0.306 e. The Bertz CT molecular complexity index is 373. The van der Waals surface area contributed by atoms with E-state index in [4.69, 9.17) is 9.47 Å². The van der Waals surface area contributed by atoms with Crippen LogP contribution in [0.4, 0.5) is 0 Å². The van der Waals surface area contributed by atoms with Crippen molar-refractivity contribution in [3.05, 3.63) is 24.3 Å². The van der Waals surface area contributed by atoms with E-state index in [-0.39, 0.29) is 18.2 Å². The largest absolute Gasteiger partial charge is 0.458 e. The molecule has 2 rings (SSSR count). The number of hydrogen-bond donors (Lipinski definition) is 0. The second-order valence-corrected chi connectivity index (χ2v) is 5.97. The Labute approximate surface area is 128 Å². The Hall–Kier alpha value is -1.09. The van der Waals surface area contributed by atoms with Crippen LogP contribution in [0.3, 0.4) is 0 Å². The lowest BCUT2D eigenvalue weighted by molar-refractivity contribution is -0.147. The number of esters is 1. The molecule has 0 amide bonds. The van der Waals surface area contributed by atoms with Crippen molar-refractivity contribution in [2.45, 2.75) is 83.0 Å². The van der Waals surface area contributed by atoms with Gasteiger partial charge in [0.05, 0.1) is 6.10 Å². The van der Waals surface area contributed by atoms with Gasteiger partial charge in [-0.2, -0.15) is 0 Å². The molecule has 0 saturated carbocycles. The van der Waals surface area contributed by atoms with Gasteiger partial charge in [-0.15, -0.1) is 0 Å². The summed E-state index contributed by atoms with van der Waals surface area (Å²) >= 11 is 0. The highest BCUT2D eigenvalue weighted by molar-refractivity contribution is 5.69. The molecule has 0 aromatic rings. The van der Waals surface area contributed by atoms with Crippen molar-refractivity contribution in [1.82, 2.24) is 0 Å². The molecule has 3 nitrogen and oxygen atoms in total. The second kappa shape index (κ2) is 9.04. The Morgan fingerprint density at radius 1 is 1.10 bits per heavy atom. The summed E-state index contributed by atoms with van der Waals surface area (Å²) in [5.41, 5.74) is 0. The minimum atomic E-state index is -0.0633. The van der Waals surface area contributed by atoms with Crippen molar-refractivity contribution in [1.29, 1.82) is 0 Å². The molecule has 0 aromatic carbocycles. The van der Waals surface area contributed by atoms with Crippen molar-refractivity contribution in [2.24, 2.45) is 0 Å². The molecule has 3 atom stereocenters. The van der Waals surface area contributed by atoms with Gasteiger partial charge in [0.2, 0.25) is 0 Å². The average Bonchev–Trinajstić information content (AvgIpc) is 3.22. The van der Waals surface area contributed by atoms with Crippen molar-refractivity contribution in [3.63, 3.8) is 0 Å². The number of carbonyl (C=O) groups is 1. The van der Waals surface area contributed by atoms with Crippen LogP contribution in [-0.4, -0.2) is 24.3 Å². The molecule has 118 valence electrons. The molecule has 1 unspecified atom stereocenters. The number of carbonyl (C=O) groups excluding carboxylic acids is 1. The van der Waals surface area contributed by atoms with Crippen LogP contribution >= 0.6 is 0 Å². The van der Waals surface area contributed by atoms with E-state index in [2.05, 4.69) is 25.2 Å². The molecule has 0 spiro atoms. The summed E-state index contributed by atoms with van der Waals surface area (Å²) in [4.78, 5) is 11.7. The fraction of sp³-hybridized carbons (Fsp3) is 0.722. The third kappa shape index (κ3) is 6.47. The van der Waals surface area contributed by atoms with E-state index in [0.717, 1.165) is 38.5 Å². The van der Waals surface area contributed by atoms with E-state index in [1.807, 2.05) is 6.08 Å². The highest BCUT2D eigenvalue weighted by Gasteiger charge is 2.35. The molecule has 2 fully saturated rings. The Kier molecular flexibility index (Phi) is 7.01. The first-order valence-corrected chi connectivity index (χ1v) is 8.48. The lowest BCUT2D eigenvalue weighted by Crippen LogP contribution is -2.17. The summed E-state index contributed by atoms with van der Waals surface area (Å²) in [6, 6.07) is 0. The van der Waals surface area contributed by atoms with E-state index in [0.29, 0.717) is 12.5 Å². The lowest BCUT2D eigenvalue weighted by atomic mass is 10.0. The van der Waals surface area contributed by atoms with Gasteiger partial charge in [0.1, 0.15) is 12.2 Å². The highest BCUT2D eigenvalue weighted by atomic mass is 16.6. The minimum absolute atomic E-state index is 0.0503. The van der Waals surface area contributed by atoms with Crippen molar-refractivity contribution >= 4 is 5.97 Å². The third-order valence-electron chi connectivity index (χ3n) is 4.06. The molecule has 21 heavy (non-hydrogen) atoms. The van der Waals surface area contributed by atoms with Gasteiger partial charge in [-0.3, -0.25) is 4.79 Å². The van der Waals surface area contributed by atoms with Gasteiger partial charge in [0, 0.05) is 6.42 Å². The summed E-state index contributed by atoms with van der Waals surface area (Å²) in [6.07, 6.45) is 18.2. The molecule has 0 radical (unpaired) electrons. The Morgan fingerprint density at radius 3 is 2.76 bits per heavy atom. The molecule has 0 aromatic heterocycles. The molecular weight excluding hydrogens is 264 g/mol. The smallest absolute Gasteiger partial charge is 0.306 e. The summed E-state index contributed by atoms with van der Waals surface area (Å²) in [5.74, 6) is -0.0503. The van der Waals surface area contributed by atoms with E-state index in [9.17, 15) is 4.79 Å². The number of allylic oxidation sites excluding steroid dienone is 1. The topological polar surface area (TPSA) is 38.8 Å². The van der Waals surface area contributed by atoms with Crippen LogP contribution in [0.2, 0.25) is 0 Å². The summed E-state index contributed by atoms with van der Waals surface area (Å²) in [5, 5.41) is 0. The number of hydrogen-bond acceptors (Lipinski definition) is 3. The maximum absolute atomic E-state index is 11.7. The summed E-state index contributed by atoms with van der Waals surface area (Å²) < 4.78 is 11.1. The normalized spacial score (nSPS) is 31.5. The van der Waals surface area contributed by atoms with Gasteiger partial charge in [0.25, 0.3) is 0 Å². The lowest BCUT2D eigenvalue weighted by Gasteiger charge is -2.16. The predicted octanol–water partition coefficient (Wildman–Crippen LogP) is 4.32. The fourth-order valence-corrected chi connectivity index (χ4v) is 2.71. The van der Waals surface area contributed by atoms with Crippen molar-refractivity contribution < 1.29 is 14.3 Å². The number of epoxide rings is 1. The standard InChI is InChI=1S/C18H28O3/c1-2-3-7-11-16-17(21-16)14-13-15-10-8-5-4-6-9-12-18(19)20-15/h3,7,13-17H,2,4-6,8-12H2,1H3/b7-3-,14-13+/t15?,16-,17-/m0/s1. The van der Waals surface area contributed by atoms with Gasteiger partial charge < -0.3 is 9.47 Å². The number of rotatable bonds is 5. The van der Waals surface area contributed by atoms with Crippen LogP contribution in [0.1, 0.15) is 64.7 Å². The minimum Gasteiger partial charge on any atom is -0.458 e. The first kappa shape index (κ1) is 16.3. The molecule has 0 aliphatic carbocycles. The average molecular weight is 292 g/mol. The van der Waals surface area contributed by atoms with Gasteiger partial charge in [0.15, 0.2) is 0 Å². The van der Waals surface area contributed by atoms with E-state index in [1.54, 1.807) is 0 Å². The summed E-state index contributed by atoms with van der Waals surface area (Å²) in [7, 11) is 0. The zero-order valence-electron chi connectivity index (χ0n) is 13.1. The van der Waals surface area contributed by atoms with Crippen LogP contribution in [-0.2, 0) is 14.3 Å². The molecule has 2 aliphatic heterocycles. The number of cyclic esters (lactones) is 1. The SMILES string of the molecule is CC/C=C\C[C@@H]1O[C@H]1/C=C/C1CCCCCCCC(=O)O1. The zero-order valence-corrected chi connectivity index (χ0v) is 13.1. The van der Waals surface area contributed by atoms with E-state index in [1.165, 1.54) is 12.8 Å². The van der Waals surface area contributed by atoms with Crippen molar-refractivity contribution in [3.8, 4) is 0 Å². The molecule has 2 heterocycles. The summed E-state index contributed by atoms with van der Waals surface area (Å²) in [6.45, 7) is 2.13. The molecule has 2 aliphatic rings. The van der Waals surface area contributed by atoms with Crippen LogP contribution in [0.15, 0.2) is 24.3 Å².